The third-order valence-corrected chi connectivity index (χ3v) is 4.86. The first kappa shape index (κ1) is 14.9. The highest BCUT2D eigenvalue weighted by Crippen LogP contribution is 2.16. The van der Waals surface area contributed by atoms with Crippen molar-refractivity contribution in [3.8, 4) is 0 Å². The summed E-state index contributed by atoms with van der Waals surface area (Å²) < 4.78 is 39.4. The van der Waals surface area contributed by atoms with Crippen LogP contribution in [0.1, 0.15) is 18.4 Å². The Morgan fingerprint density at radius 1 is 1.35 bits per heavy atom. The maximum Gasteiger partial charge on any atom is 0.241 e. The van der Waals surface area contributed by atoms with Gasteiger partial charge in [-0.05, 0) is 43.5 Å². The van der Waals surface area contributed by atoms with E-state index in [1.165, 1.54) is 13.0 Å². The van der Waals surface area contributed by atoms with Gasteiger partial charge in [0.2, 0.25) is 15.9 Å². The van der Waals surface area contributed by atoms with E-state index >= 15 is 0 Å². The van der Waals surface area contributed by atoms with Gasteiger partial charge < -0.3 is 4.90 Å². The van der Waals surface area contributed by atoms with Crippen LogP contribution in [-0.2, 0) is 14.8 Å². The van der Waals surface area contributed by atoms with Crippen LogP contribution >= 0.6 is 0 Å². The molecule has 0 atom stereocenters. The fraction of sp³-hybridized carbons (Fsp3) is 0.462. The predicted molar refractivity (Wildman–Crippen MR) is 72.1 cm³/mol. The van der Waals surface area contributed by atoms with E-state index < -0.39 is 15.8 Å². The summed E-state index contributed by atoms with van der Waals surface area (Å²) in [5, 5.41) is 0. The lowest BCUT2D eigenvalue weighted by molar-refractivity contribution is -0.128. The average molecular weight is 300 g/mol. The molecule has 0 bridgehead atoms. The summed E-state index contributed by atoms with van der Waals surface area (Å²) in [6, 6.07) is 3.44. The number of hydrogen-bond acceptors (Lipinski definition) is 3. The predicted octanol–water partition coefficient (Wildman–Crippen LogP) is 1.03. The molecule has 0 aliphatic carbocycles. The molecular formula is C13H17FN2O3S. The van der Waals surface area contributed by atoms with Gasteiger partial charge in [0.25, 0.3) is 0 Å². The van der Waals surface area contributed by atoms with Crippen molar-refractivity contribution in [3.05, 3.63) is 29.6 Å². The maximum atomic E-state index is 13.0. The second-order valence-electron chi connectivity index (χ2n) is 4.82. The van der Waals surface area contributed by atoms with E-state index in [4.69, 9.17) is 0 Å². The molecule has 1 aromatic rings. The first-order valence-corrected chi connectivity index (χ1v) is 7.92. The number of amides is 1. The van der Waals surface area contributed by atoms with Crippen molar-refractivity contribution in [2.75, 3.05) is 19.6 Å². The van der Waals surface area contributed by atoms with Gasteiger partial charge in [-0.25, -0.2) is 17.5 Å². The molecule has 0 spiro atoms. The summed E-state index contributed by atoms with van der Waals surface area (Å²) in [5.41, 5.74) is 0.311. The summed E-state index contributed by atoms with van der Waals surface area (Å²) >= 11 is 0. The fourth-order valence-corrected chi connectivity index (χ4v) is 3.43. The van der Waals surface area contributed by atoms with Crippen molar-refractivity contribution in [1.29, 1.82) is 0 Å². The number of halogens is 1. The van der Waals surface area contributed by atoms with Crippen molar-refractivity contribution in [3.63, 3.8) is 0 Å². The third kappa shape index (κ3) is 3.34. The van der Waals surface area contributed by atoms with E-state index in [0.29, 0.717) is 18.7 Å². The number of rotatable bonds is 4. The minimum atomic E-state index is -3.80. The van der Waals surface area contributed by atoms with Gasteiger partial charge in [-0.1, -0.05) is 0 Å². The van der Waals surface area contributed by atoms with Crippen molar-refractivity contribution in [2.24, 2.45) is 0 Å². The summed E-state index contributed by atoms with van der Waals surface area (Å²) in [7, 11) is -3.80. The quantitative estimate of drug-likeness (QED) is 0.903. The van der Waals surface area contributed by atoms with E-state index in [-0.39, 0.29) is 17.3 Å². The summed E-state index contributed by atoms with van der Waals surface area (Å²) in [4.78, 5) is 13.4. The Kier molecular flexibility index (Phi) is 4.39. The number of carbonyl (C=O) groups is 1. The van der Waals surface area contributed by atoms with Gasteiger partial charge in [0, 0.05) is 13.1 Å². The molecule has 110 valence electrons. The second-order valence-corrected chi connectivity index (χ2v) is 6.56. The van der Waals surface area contributed by atoms with Gasteiger partial charge in [-0.3, -0.25) is 4.79 Å². The first-order chi connectivity index (χ1) is 9.40. The number of sulfonamides is 1. The lowest BCUT2D eigenvalue weighted by atomic mass is 10.2. The van der Waals surface area contributed by atoms with Crippen LogP contribution in [0.15, 0.2) is 23.1 Å². The Morgan fingerprint density at radius 2 is 2.00 bits per heavy atom. The standard InChI is InChI=1S/C13H17FN2O3S/c1-10-8-11(14)4-5-12(10)20(18,19)15-9-13(17)16-6-2-3-7-16/h4-5,8,15H,2-3,6-7,9H2,1H3. The molecule has 0 saturated carbocycles. The number of benzene rings is 1. The van der Waals surface area contributed by atoms with Crippen LogP contribution in [0.5, 0.6) is 0 Å². The van der Waals surface area contributed by atoms with Gasteiger partial charge >= 0.3 is 0 Å². The minimum Gasteiger partial charge on any atom is -0.342 e. The zero-order valence-corrected chi connectivity index (χ0v) is 12.0. The molecule has 5 nitrogen and oxygen atoms in total. The Morgan fingerprint density at radius 3 is 2.60 bits per heavy atom. The molecule has 20 heavy (non-hydrogen) atoms. The molecule has 1 amide bonds. The van der Waals surface area contributed by atoms with Crippen molar-refractivity contribution < 1.29 is 17.6 Å². The second kappa shape index (κ2) is 5.88. The third-order valence-electron chi connectivity index (χ3n) is 3.30. The van der Waals surface area contributed by atoms with Crippen LogP contribution in [0.2, 0.25) is 0 Å². The SMILES string of the molecule is Cc1cc(F)ccc1S(=O)(=O)NCC(=O)N1CCCC1. The minimum absolute atomic E-state index is 0.00637. The monoisotopic (exact) mass is 300 g/mol. The van der Waals surface area contributed by atoms with E-state index in [0.717, 1.165) is 25.0 Å². The van der Waals surface area contributed by atoms with Gasteiger partial charge in [-0.2, -0.15) is 0 Å². The molecule has 1 saturated heterocycles. The zero-order valence-electron chi connectivity index (χ0n) is 11.2. The van der Waals surface area contributed by atoms with Crippen LogP contribution < -0.4 is 4.72 Å². The highest BCUT2D eigenvalue weighted by Gasteiger charge is 2.22. The van der Waals surface area contributed by atoms with E-state index in [9.17, 15) is 17.6 Å². The molecule has 1 heterocycles. The lowest BCUT2D eigenvalue weighted by Gasteiger charge is -2.16. The molecule has 1 aromatic carbocycles. The Balaban J connectivity index is 2.05. The van der Waals surface area contributed by atoms with E-state index in [1.807, 2.05) is 0 Å². The number of nitrogens with one attached hydrogen (secondary N) is 1. The highest BCUT2D eigenvalue weighted by molar-refractivity contribution is 7.89. The molecule has 1 N–H and O–H groups in total. The highest BCUT2D eigenvalue weighted by atomic mass is 32.2. The normalized spacial score (nSPS) is 15.6. The van der Waals surface area contributed by atoms with Crippen LogP contribution in [0.3, 0.4) is 0 Å². The molecule has 1 aliphatic heterocycles. The number of likely N-dealkylation sites (tertiary alicyclic amines) is 1. The molecular weight excluding hydrogens is 283 g/mol. The molecule has 7 heteroatoms. The Labute approximate surface area is 117 Å². The van der Waals surface area contributed by atoms with Crippen LogP contribution in [0.4, 0.5) is 4.39 Å². The summed E-state index contributed by atoms with van der Waals surface area (Å²) in [6.07, 6.45) is 1.91. The van der Waals surface area contributed by atoms with E-state index in [1.54, 1.807) is 4.90 Å². The molecule has 1 fully saturated rings. The molecule has 0 radical (unpaired) electrons. The number of nitrogens with zero attached hydrogens (tertiary/aromatic N) is 1. The smallest absolute Gasteiger partial charge is 0.241 e. The van der Waals surface area contributed by atoms with Crippen LogP contribution in [0, 0.1) is 12.7 Å². The molecule has 0 aromatic heterocycles. The topological polar surface area (TPSA) is 66.5 Å². The average Bonchev–Trinajstić information content (AvgIpc) is 2.89. The Bertz CT molecular complexity index is 610. The van der Waals surface area contributed by atoms with Crippen molar-refractivity contribution in [2.45, 2.75) is 24.7 Å². The number of aryl methyl sites for hydroxylation is 1. The molecule has 1 aliphatic rings. The lowest BCUT2D eigenvalue weighted by Crippen LogP contribution is -2.38. The largest absolute Gasteiger partial charge is 0.342 e. The summed E-state index contributed by atoms with van der Waals surface area (Å²) in [5.74, 6) is -0.722. The molecule has 2 rings (SSSR count). The summed E-state index contributed by atoms with van der Waals surface area (Å²) in [6.45, 7) is 2.60. The first-order valence-electron chi connectivity index (χ1n) is 6.44. The van der Waals surface area contributed by atoms with Crippen LogP contribution in [-0.4, -0.2) is 38.9 Å². The van der Waals surface area contributed by atoms with Crippen molar-refractivity contribution in [1.82, 2.24) is 9.62 Å². The van der Waals surface area contributed by atoms with Gasteiger partial charge in [0.15, 0.2) is 0 Å². The Hall–Kier alpha value is -1.47. The number of carbonyl (C=O) groups excluding carboxylic acids is 1. The van der Waals surface area contributed by atoms with Crippen molar-refractivity contribution >= 4 is 15.9 Å². The van der Waals surface area contributed by atoms with Gasteiger partial charge in [0.1, 0.15) is 5.82 Å². The zero-order chi connectivity index (χ0) is 14.8. The maximum absolute atomic E-state index is 13.0. The fourth-order valence-electron chi connectivity index (χ4n) is 2.23. The van der Waals surface area contributed by atoms with E-state index in [2.05, 4.69) is 4.72 Å². The van der Waals surface area contributed by atoms with Crippen LogP contribution in [0.25, 0.3) is 0 Å². The number of hydrogen-bond donors (Lipinski definition) is 1. The van der Waals surface area contributed by atoms with Gasteiger partial charge in [0.05, 0.1) is 11.4 Å². The molecule has 0 unspecified atom stereocenters. The van der Waals surface area contributed by atoms with Gasteiger partial charge in [-0.15, -0.1) is 0 Å².